The lowest BCUT2D eigenvalue weighted by Gasteiger charge is -2.20. The Hall–Kier alpha value is -3.59. The van der Waals surface area contributed by atoms with Gasteiger partial charge >= 0.3 is 5.69 Å². The number of hydrogen-bond acceptors (Lipinski definition) is 5. The number of aryl methyl sites for hydroxylation is 2. The minimum atomic E-state index is -3.45. The molecular formula is C27H31FN2O5S. The van der Waals surface area contributed by atoms with Gasteiger partial charge < -0.3 is 14.5 Å². The summed E-state index contributed by atoms with van der Waals surface area (Å²) >= 11 is 0. The van der Waals surface area contributed by atoms with Crippen molar-refractivity contribution in [2.24, 2.45) is 0 Å². The molecule has 0 fully saturated rings. The second-order valence-electron chi connectivity index (χ2n) is 8.57. The topological polar surface area (TPSA) is 90.4 Å². The van der Waals surface area contributed by atoms with Crippen molar-refractivity contribution in [3.8, 4) is 11.5 Å². The van der Waals surface area contributed by atoms with E-state index in [1.807, 2.05) is 6.92 Å². The Morgan fingerprint density at radius 1 is 1.00 bits per heavy atom. The molecule has 0 unspecified atom stereocenters. The molecule has 1 atom stereocenters. The van der Waals surface area contributed by atoms with Gasteiger partial charge in [-0.15, -0.1) is 0 Å². The van der Waals surface area contributed by atoms with Crippen LogP contribution in [0.2, 0.25) is 0 Å². The van der Waals surface area contributed by atoms with Gasteiger partial charge in [0.2, 0.25) is 0 Å². The largest absolute Gasteiger partial charge is 0.493 e. The zero-order valence-corrected chi connectivity index (χ0v) is 21.9. The molecule has 1 N–H and O–H groups in total. The van der Waals surface area contributed by atoms with Gasteiger partial charge in [-0.3, -0.25) is 4.57 Å². The third kappa shape index (κ3) is 6.75. The lowest BCUT2D eigenvalue weighted by molar-refractivity contribution is 0.310. The molecule has 0 saturated heterocycles. The summed E-state index contributed by atoms with van der Waals surface area (Å²) in [5.41, 5.74) is 3.41. The fraction of sp³-hybridized carbons (Fsp3) is 0.296. The zero-order valence-electron chi connectivity index (χ0n) is 21.0. The number of imidazole rings is 1. The highest BCUT2D eigenvalue weighted by molar-refractivity contribution is 7.90. The maximum Gasteiger partial charge on any atom is 0.327 e. The molecule has 7 nitrogen and oxygen atoms in total. The van der Waals surface area contributed by atoms with E-state index in [1.54, 1.807) is 18.2 Å². The number of rotatable bonds is 7. The van der Waals surface area contributed by atoms with Crippen LogP contribution in [0.5, 0.6) is 11.5 Å². The molecule has 1 aromatic heterocycles. The van der Waals surface area contributed by atoms with Crippen LogP contribution >= 0.6 is 0 Å². The third-order valence-corrected chi connectivity index (χ3v) is 6.42. The fourth-order valence-electron chi connectivity index (χ4n) is 4.00. The van der Waals surface area contributed by atoms with Crippen LogP contribution in [0.3, 0.4) is 0 Å². The molecule has 0 radical (unpaired) electrons. The van der Waals surface area contributed by atoms with Gasteiger partial charge in [0.25, 0.3) is 0 Å². The van der Waals surface area contributed by atoms with E-state index in [1.165, 1.54) is 41.0 Å². The third-order valence-electron chi connectivity index (χ3n) is 5.50. The molecule has 0 saturated carbocycles. The maximum absolute atomic E-state index is 13.5. The predicted molar refractivity (Wildman–Crippen MR) is 140 cm³/mol. The summed E-state index contributed by atoms with van der Waals surface area (Å²) in [6, 6.07) is 16.5. The molecular weight excluding hydrogens is 483 g/mol. The van der Waals surface area contributed by atoms with Gasteiger partial charge in [-0.25, -0.2) is 17.6 Å². The smallest absolute Gasteiger partial charge is 0.327 e. The average Bonchev–Trinajstić information content (AvgIpc) is 3.12. The molecule has 0 amide bonds. The van der Waals surface area contributed by atoms with Gasteiger partial charge in [0.15, 0.2) is 11.5 Å². The molecule has 0 aliphatic rings. The van der Waals surface area contributed by atoms with E-state index >= 15 is 0 Å². The van der Waals surface area contributed by atoms with Crippen molar-refractivity contribution in [1.29, 1.82) is 0 Å². The van der Waals surface area contributed by atoms with Gasteiger partial charge in [0, 0.05) is 6.26 Å². The first kappa shape index (κ1) is 27.0. The standard InChI is InChI=1S/C19H21FN2O5S.C8H10/c1-4-27-18-9-12(5-8-17(18)26-2)16(11-28(3,24)25)22-15-7-6-13(20)10-14(15)21-19(22)23;1-7-4-3-5-8(2)6-7/h5-10,16H,4,11H2,1-3H3,(H,21,23);3-6H,1-2H3/t16-;/m1./s1. The second-order valence-corrected chi connectivity index (χ2v) is 10.8. The van der Waals surface area contributed by atoms with E-state index in [9.17, 15) is 17.6 Å². The number of methoxy groups -OCH3 is 1. The van der Waals surface area contributed by atoms with Crippen LogP contribution in [0, 0.1) is 19.7 Å². The number of halogens is 1. The van der Waals surface area contributed by atoms with Crippen molar-refractivity contribution in [2.45, 2.75) is 26.8 Å². The van der Waals surface area contributed by atoms with E-state index in [0.29, 0.717) is 34.7 Å². The van der Waals surface area contributed by atoms with Crippen molar-refractivity contribution >= 4 is 20.9 Å². The molecule has 0 aliphatic carbocycles. The first-order valence-corrected chi connectivity index (χ1v) is 13.5. The summed E-state index contributed by atoms with van der Waals surface area (Å²) in [6.45, 7) is 6.42. The van der Waals surface area contributed by atoms with Crippen LogP contribution in [-0.4, -0.2) is 43.7 Å². The summed E-state index contributed by atoms with van der Waals surface area (Å²) < 4.78 is 49.9. The van der Waals surface area contributed by atoms with E-state index in [2.05, 4.69) is 43.1 Å². The molecule has 0 bridgehead atoms. The minimum absolute atomic E-state index is 0.294. The maximum atomic E-state index is 13.5. The van der Waals surface area contributed by atoms with Crippen LogP contribution in [0.25, 0.3) is 11.0 Å². The highest BCUT2D eigenvalue weighted by atomic mass is 32.2. The lowest BCUT2D eigenvalue weighted by atomic mass is 10.1. The fourth-order valence-corrected chi connectivity index (χ4v) is 4.91. The SMILES string of the molecule is CCOc1cc([C@@H](CS(C)(=O)=O)n2c(=O)[nH]c3cc(F)ccc32)ccc1OC.Cc1cccc(C)c1. The van der Waals surface area contributed by atoms with Crippen LogP contribution in [0.1, 0.15) is 29.7 Å². The first-order valence-electron chi connectivity index (χ1n) is 11.4. The summed E-state index contributed by atoms with van der Waals surface area (Å²) in [4.78, 5) is 15.2. The predicted octanol–water partition coefficient (Wildman–Crippen LogP) is 4.81. The zero-order chi connectivity index (χ0) is 26.5. The van der Waals surface area contributed by atoms with Gasteiger partial charge in [0.05, 0.1) is 36.5 Å². The Bertz CT molecular complexity index is 1490. The summed E-state index contributed by atoms with van der Waals surface area (Å²) in [5.74, 6) is 0.135. The minimum Gasteiger partial charge on any atom is -0.493 e. The van der Waals surface area contributed by atoms with Gasteiger partial charge in [-0.2, -0.15) is 0 Å². The first-order chi connectivity index (χ1) is 17.0. The van der Waals surface area contributed by atoms with Crippen molar-refractivity contribution in [1.82, 2.24) is 9.55 Å². The van der Waals surface area contributed by atoms with Crippen LogP contribution in [0.4, 0.5) is 4.39 Å². The van der Waals surface area contributed by atoms with E-state index in [-0.39, 0.29) is 5.75 Å². The number of nitrogens with one attached hydrogen (secondary N) is 1. The van der Waals surface area contributed by atoms with Crippen molar-refractivity contribution in [3.63, 3.8) is 0 Å². The molecule has 9 heteroatoms. The van der Waals surface area contributed by atoms with Gasteiger partial charge in [0.1, 0.15) is 15.7 Å². The number of benzene rings is 3. The second kappa shape index (κ2) is 11.4. The molecule has 1 heterocycles. The average molecular weight is 515 g/mol. The van der Waals surface area contributed by atoms with Crippen molar-refractivity contribution in [3.05, 3.63) is 93.7 Å². The molecule has 3 aromatic carbocycles. The van der Waals surface area contributed by atoms with Gasteiger partial charge in [-0.05, 0) is 56.7 Å². The Morgan fingerprint density at radius 3 is 2.25 bits per heavy atom. The molecule has 0 spiro atoms. The monoisotopic (exact) mass is 514 g/mol. The van der Waals surface area contributed by atoms with Crippen molar-refractivity contribution in [2.75, 3.05) is 25.7 Å². The van der Waals surface area contributed by atoms with Crippen LogP contribution in [0.15, 0.2) is 65.5 Å². The number of aromatic amines is 1. The molecule has 192 valence electrons. The molecule has 0 aliphatic heterocycles. The summed E-state index contributed by atoms with van der Waals surface area (Å²) in [7, 11) is -1.95. The Kier molecular flexibility index (Phi) is 8.57. The molecule has 36 heavy (non-hydrogen) atoms. The Labute approximate surface area is 210 Å². The lowest BCUT2D eigenvalue weighted by Crippen LogP contribution is -2.28. The highest BCUT2D eigenvalue weighted by Gasteiger charge is 2.25. The Balaban J connectivity index is 0.000000383. The number of H-pyrrole nitrogens is 1. The van der Waals surface area contributed by atoms with Crippen LogP contribution in [-0.2, 0) is 9.84 Å². The normalized spacial score (nSPS) is 12.1. The number of aromatic nitrogens is 2. The Morgan fingerprint density at radius 2 is 1.69 bits per heavy atom. The quantitative estimate of drug-likeness (QED) is 0.382. The van der Waals surface area contributed by atoms with E-state index in [4.69, 9.17) is 9.47 Å². The number of ether oxygens (including phenoxy) is 2. The molecule has 4 rings (SSSR count). The van der Waals surface area contributed by atoms with Gasteiger partial charge in [-0.1, -0.05) is 41.5 Å². The molecule has 4 aromatic rings. The van der Waals surface area contributed by atoms with E-state index < -0.39 is 27.4 Å². The van der Waals surface area contributed by atoms with Crippen LogP contribution < -0.4 is 15.2 Å². The van der Waals surface area contributed by atoms with Crippen molar-refractivity contribution < 1.29 is 22.3 Å². The number of fused-ring (bicyclic) bond motifs is 1. The summed E-state index contributed by atoms with van der Waals surface area (Å²) in [5, 5.41) is 0. The number of hydrogen-bond donors (Lipinski definition) is 1. The van der Waals surface area contributed by atoms with E-state index in [0.717, 1.165) is 6.26 Å². The number of nitrogens with zero attached hydrogens (tertiary/aromatic N) is 1. The highest BCUT2D eigenvalue weighted by Crippen LogP contribution is 2.33. The summed E-state index contributed by atoms with van der Waals surface area (Å²) in [6.07, 6.45) is 1.10. The number of sulfone groups is 1.